The number of rotatable bonds is 6. The molecule has 0 amide bonds. The van der Waals surface area contributed by atoms with Crippen LogP contribution in [0.1, 0.15) is 11.1 Å². The van der Waals surface area contributed by atoms with Crippen molar-refractivity contribution in [3.05, 3.63) is 67.8 Å². The maximum Gasteiger partial charge on any atom is 0.298 e. The lowest BCUT2D eigenvalue weighted by atomic mass is 10.1. The molecule has 0 saturated heterocycles. The Morgan fingerprint density at radius 3 is 1.33 bits per heavy atom. The van der Waals surface area contributed by atoms with Gasteiger partial charge in [0.15, 0.2) is 0 Å². The van der Waals surface area contributed by atoms with Crippen molar-refractivity contribution in [2.45, 2.75) is 9.79 Å². The highest BCUT2D eigenvalue weighted by atomic mass is 32.2. The summed E-state index contributed by atoms with van der Waals surface area (Å²) in [5.74, 6) is 4.80. The van der Waals surface area contributed by atoms with Crippen LogP contribution in [-0.2, 0) is 28.6 Å². The van der Waals surface area contributed by atoms with E-state index in [1.54, 1.807) is 0 Å². The van der Waals surface area contributed by atoms with Crippen LogP contribution >= 0.6 is 0 Å². The summed E-state index contributed by atoms with van der Waals surface area (Å²) >= 11 is 0. The zero-order chi connectivity index (χ0) is 22.7. The van der Waals surface area contributed by atoms with Crippen molar-refractivity contribution in [1.82, 2.24) is 0 Å². The molecule has 2 rings (SSSR count). The Labute approximate surface area is 170 Å². The quantitative estimate of drug-likeness (QED) is 0.269. The molecule has 0 unspecified atom stereocenters. The first-order chi connectivity index (χ1) is 13.9. The van der Waals surface area contributed by atoms with Gasteiger partial charge in [-0.05, 0) is 12.1 Å². The summed E-state index contributed by atoms with van der Waals surface area (Å²) in [5, 5.41) is 21.9. The van der Waals surface area contributed by atoms with E-state index in [4.69, 9.17) is 0 Å². The fourth-order valence-corrected chi connectivity index (χ4v) is 3.85. The highest BCUT2D eigenvalue weighted by Crippen LogP contribution is 2.25. The second kappa shape index (κ2) is 8.55. The molecule has 0 saturated carbocycles. The zero-order valence-corrected chi connectivity index (χ0v) is 16.9. The van der Waals surface area contributed by atoms with Crippen LogP contribution in [0, 0.1) is 32.1 Å². The third-order valence-corrected chi connectivity index (χ3v) is 6.29. The van der Waals surface area contributed by atoms with Crippen LogP contribution in [0.2, 0.25) is 0 Å². The first-order valence-corrected chi connectivity index (χ1v) is 10.4. The minimum atomic E-state index is -4.39. The van der Waals surface area contributed by atoms with E-state index < -0.39 is 51.2 Å². The van der Waals surface area contributed by atoms with Crippen LogP contribution in [0.3, 0.4) is 0 Å². The molecular formula is C16H12N2O10S2. The average molecular weight is 456 g/mol. The summed E-state index contributed by atoms with van der Waals surface area (Å²) in [6.07, 6.45) is 0. The topological polar surface area (TPSA) is 173 Å². The Kier molecular flexibility index (Phi) is 6.53. The zero-order valence-electron chi connectivity index (χ0n) is 15.3. The number of benzene rings is 2. The summed E-state index contributed by atoms with van der Waals surface area (Å²) in [5.41, 5.74) is -1.51. The molecule has 0 aliphatic heterocycles. The molecule has 0 heterocycles. The van der Waals surface area contributed by atoms with Crippen LogP contribution in [0.4, 0.5) is 11.4 Å². The van der Waals surface area contributed by atoms with Crippen molar-refractivity contribution in [3.63, 3.8) is 0 Å². The van der Waals surface area contributed by atoms with Crippen molar-refractivity contribution >= 4 is 31.6 Å². The first-order valence-electron chi connectivity index (χ1n) is 7.63. The smallest absolute Gasteiger partial charge is 0.270 e. The van der Waals surface area contributed by atoms with E-state index >= 15 is 0 Å². The molecule has 0 N–H and O–H groups in total. The number of nitrogens with zero attached hydrogens (tertiary/aromatic N) is 2. The third-order valence-electron chi connectivity index (χ3n) is 3.66. The molecule has 0 aliphatic rings. The van der Waals surface area contributed by atoms with E-state index in [1.807, 2.05) is 0 Å². The first kappa shape index (κ1) is 22.9. The van der Waals surface area contributed by atoms with Crippen molar-refractivity contribution in [2.75, 3.05) is 14.2 Å². The van der Waals surface area contributed by atoms with Gasteiger partial charge in [-0.25, -0.2) is 0 Å². The number of non-ortho nitro benzene ring substituents is 2. The molecule has 158 valence electrons. The van der Waals surface area contributed by atoms with Crippen LogP contribution < -0.4 is 0 Å². The summed E-state index contributed by atoms with van der Waals surface area (Å²) in [6.45, 7) is 0. The fourth-order valence-electron chi connectivity index (χ4n) is 2.18. The van der Waals surface area contributed by atoms with Crippen molar-refractivity contribution in [1.29, 1.82) is 0 Å². The van der Waals surface area contributed by atoms with Gasteiger partial charge in [0.2, 0.25) is 0 Å². The second-order valence-electron chi connectivity index (χ2n) is 5.37. The minimum Gasteiger partial charge on any atom is -0.270 e. The Bertz CT molecular complexity index is 1210. The van der Waals surface area contributed by atoms with Crippen LogP contribution in [-0.4, -0.2) is 40.9 Å². The molecule has 0 radical (unpaired) electrons. The Morgan fingerprint density at radius 1 is 0.733 bits per heavy atom. The lowest BCUT2D eigenvalue weighted by molar-refractivity contribution is -0.385. The van der Waals surface area contributed by atoms with E-state index in [0.717, 1.165) is 50.6 Å². The molecule has 2 aromatic carbocycles. The van der Waals surface area contributed by atoms with Gasteiger partial charge in [0.25, 0.3) is 31.6 Å². The van der Waals surface area contributed by atoms with Gasteiger partial charge in [-0.3, -0.25) is 28.6 Å². The normalized spacial score (nSPS) is 11.4. The van der Waals surface area contributed by atoms with Gasteiger partial charge < -0.3 is 0 Å². The predicted octanol–water partition coefficient (Wildman–Crippen LogP) is 1.57. The fraction of sp³-hybridized carbons (Fsp3) is 0.125. The van der Waals surface area contributed by atoms with Gasteiger partial charge in [-0.1, -0.05) is 11.8 Å². The Morgan fingerprint density at radius 2 is 1.07 bits per heavy atom. The van der Waals surface area contributed by atoms with Crippen LogP contribution in [0.25, 0.3) is 0 Å². The van der Waals surface area contributed by atoms with Gasteiger partial charge in [0.1, 0.15) is 9.79 Å². The average Bonchev–Trinajstić information content (AvgIpc) is 2.71. The minimum absolute atomic E-state index is 0.221. The summed E-state index contributed by atoms with van der Waals surface area (Å²) in [7, 11) is -7.07. The maximum absolute atomic E-state index is 12.1. The van der Waals surface area contributed by atoms with Crippen molar-refractivity contribution in [3.8, 4) is 11.8 Å². The molecule has 0 bridgehead atoms. The molecule has 30 heavy (non-hydrogen) atoms. The monoisotopic (exact) mass is 456 g/mol. The lowest BCUT2D eigenvalue weighted by Gasteiger charge is -2.05. The summed E-state index contributed by atoms with van der Waals surface area (Å²) < 4.78 is 57.1. The largest absolute Gasteiger partial charge is 0.298 e. The van der Waals surface area contributed by atoms with E-state index in [9.17, 15) is 37.1 Å². The molecule has 0 aromatic heterocycles. The third kappa shape index (κ3) is 4.78. The van der Waals surface area contributed by atoms with Gasteiger partial charge >= 0.3 is 0 Å². The lowest BCUT2D eigenvalue weighted by Crippen LogP contribution is -2.07. The maximum atomic E-state index is 12.1. The van der Waals surface area contributed by atoms with E-state index in [-0.39, 0.29) is 11.1 Å². The van der Waals surface area contributed by atoms with Gasteiger partial charge in [-0.2, -0.15) is 16.8 Å². The summed E-state index contributed by atoms with van der Waals surface area (Å²) in [6, 6.07) is 5.58. The van der Waals surface area contributed by atoms with E-state index in [2.05, 4.69) is 20.2 Å². The molecular weight excluding hydrogens is 444 g/mol. The SMILES string of the molecule is COS(=O)(=O)c1cc([N+](=O)[O-])ccc1C#Cc1ccc([N+](=O)[O-])cc1S(=O)(=O)OC. The molecule has 12 nitrogen and oxygen atoms in total. The predicted molar refractivity (Wildman–Crippen MR) is 101 cm³/mol. The molecule has 14 heteroatoms. The Hall–Kier alpha value is -3.38. The second-order valence-corrected chi connectivity index (χ2v) is 8.73. The molecule has 0 fully saturated rings. The van der Waals surface area contributed by atoms with Gasteiger partial charge in [-0.15, -0.1) is 0 Å². The highest BCUT2D eigenvalue weighted by Gasteiger charge is 2.23. The molecule has 0 atom stereocenters. The Balaban J connectivity index is 2.74. The van der Waals surface area contributed by atoms with Crippen LogP contribution in [0.15, 0.2) is 46.2 Å². The number of hydrogen-bond acceptors (Lipinski definition) is 10. The van der Waals surface area contributed by atoms with Gasteiger partial charge in [0, 0.05) is 35.4 Å². The molecule has 0 spiro atoms. The van der Waals surface area contributed by atoms with E-state index in [1.165, 1.54) is 0 Å². The molecule has 2 aromatic rings. The van der Waals surface area contributed by atoms with E-state index in [0.29, 0.717) is 0 Å². The highest BCUT2D eigenvalue weighted by molar-refractivity contribution is 7.87. The number of hydrogen-bond donors (Lipinski definition) is 0. The number of nitro groups is 2. The molecule has 0 aliphatic carbocycles. The van der Waals surface area contributed by atoms with Gasteiger partial charge in [0.05, 0.1) is 24.1 Å². The standard InChI is InChI=1S/C16H12N2O10S2/c1-27-29(23,24)15-9-13(17(19)20)7-5-11(15)3-4-12-6-8-14(18(21)22)10-16(12)30(25,26)28-2/h5-10H,1-2H3. The van der Waals surface area contributed by atoms with Crippen LogP contribution in [0.5, 0.6) is 0 Å². The van der Waals surface area contributed by atoms with Crippen molar-refractivity contribution < 1.29 is 35.0 Å². The van der Waals surface area contributed by atoms with Crippen molar-refractivity contribution in [2.24, 2.45) is 0 Å². The number of nitro benzene ring substituents is 2. The summed E-state index contributed by atoms with van der Waals surface area (Å²) in [4.78, 5) is 19.0.